The molecule has 0 saturated heterocycles. The lowest BCUT2D eigenvalue weighted by molar-refractivity contribution is -0.110. The Bertz CT molecular complexity index is 630. The summed E-state index contributed by atoms with van der Waals surface area (Å²) in [4.78, 5) is 12.0. The number of hydrogen-bond donors (Lipinski definition) is 0. The lowest BCUT2D eigenvalue weighted by atomic mass is 9.72. The first kappa shape index (κ1) is 17.0. The Morgan fingerprint density at radius 1 is 1.14 bits per heavy atom. The maximum Gasteiger partial charge on any atom is 0.178 e. The maximum absolute atomic E-state index is 12.0. The van der Waals surface area contributed by atoms with Gasteiger partial charge in [0, 0.05) is 4.47 Å². The smallest absolute Gasteiger partial charge is 0.178 e. The summed E-state index contributed by atoms with van der Waals surface area (Å²) in [6.45, 7) is 6.71. The molecule has 1 aliphatic rings. The fraction of sp³-hybridized carbons (Fsp3) is 0.350. The number of halogens is 1. The van der Waals surface area contributed by atoms with E-state index in [2.05, 4.69) is 36.7 Å². The van der Waals surface area contributed by atoms with Crippen LogP contribution >= 0.6 is 15.9 Å². The van der Waals surface area contributed by atoms with Crippen molar-refractivity contribution in [3.63, 3.8) is 0 Å². The van der Waals surface area contributed by atoms with E-state index in [0.29, 0.717) is 0 Å². The Balaban J connectivity index is 2.06. The average Bonchev–Trinajstić information content (AvgIpc) is 2.45. The normalized spacial score (nSPS) is 18.4. The molecule has 0 N–H and O–H groups in total. The maximum atomic E-state index is 12.0. The predicted octanol–water partition coefficient (Wildman–Crippen LogP) is 6.11. The molecule has 1 aromatic rings. The molecule has 1 nitrogen and oxygen atoms in total. The van der Waals surface area contributed by atoms with Gasteiger partial charge in [-0.2, -0.15) is 0 Å². The quantitative estimate of drug-likeness (QED) is 0.593. The van der Waals surface area contributed by atoms with Crippen LogP contribution in [0.15, 0.2) is 58.1 Å². The molecule has 0 saturated carbocycles. The second-order valence-corrected chi connectivity index (χ2v) is 7.47. The van der Waals surface area contributed by atoms with E-state index >= 15 is 0 Å². The zero-order chi connectivity index (χ0) is 16.2. The number of carbonyl (C=O) groups is 1. The van der Waals surface area contributed by atoms with Gasteiger partial charge in [-0.25, -0.2) is 0 Å². The van der Waals surface area contributed by atoms with E-state index in [1.165, 1.54) is 24.0 Å². The standard InChI is InChI=1S/C20H23BrO/c1-15-5-4-14-20(2,3)19(15)13-12-18(22)11-8-16-6-9-17(21)10-7-16/h6-13H,4-5,14H2,1-3H3/b11-8+,13-12+. The molecule has 1 aliphatic carbocycles. The molecular weight excluding hydrogens is 336 g/mol. The summed E-state index contributed by atoms with van der Waals surface area (Å²) < 4.78 is 1.04. The van der Waals surface area contributed by atoms with Gasteiger partial charge in [0.2, 0.25) is 0 Å². The van der Waals surface area contributed by atoms with E-state index in [-0.39, 0.29) is 11.2 Å². The van der Waals surface area contributed by atoms with Crippen molar-refractivity contribution in [1.82, 2.24) is 0 Å². The number of ketones is 1. The summed E-state index contributed by atoms with van der Waals surface area (Å²) in [7, 11) is 0. The molecule has 22 heavy (non-hydrogen) atoms. The molecule has 116 valence electrons. The molecule has 0 unspecified atom stereocenters. The van der Waals surface area contributed by atoms with E-state index in [4.69, 9.17) is 0 Å². The highest BCUT2D eigenvalue weighted by atomic mass is 79.9. The van der Waals surface area contributed by atoms with Crippen LogP contribution < -0.4 is 0 Å². The summed E-state index contributed by atoms with van der Waals surface area (Å²) in [5.41, 5.74) is 3.94. The van der Waals surface area contributed by atoms with Gasteiger partial charge < -0.3 is 0 Å². The van der Waals surface area contributed by atoms with Crippen LogP contribution in [0, 0.1) is 5.41 Å². The molecule has 0 fully saturated rings. The summed E-state index contributed by atoms with van der Waals surface area (Å²) in [5, 5.41) is 0. The third kappa shape index (κ3) is 4.54. The van der Waals surface area contributed by atoms with Gasteiger partial charge in [0.1, 0.15) is 0 Å². The van der Waals surface area contributed by atoms with Gasteiger partial charge in [0.05, 0.1) is 0 Å². The third-order valence-electron chi connectivity index (χ3n) is 4.27. The lowest BCUT2D eigenvalue weighted by Gasteiger charge is -2.32. The van der Waals surface area contributed by atoms with Crippen molar-refractivity contribution in [2.75, 3.05) is 0 Å². The zero-order valence-electron chi connectivity index (χ0n) is 13.5. The van der Waals surface area contributed by atoms with E-state index in [1.54, 1.807) is 12.2 Å². The minimum atomic E-state index is 0.0320. The molecule has 1 aromatic carbocycles. The van der Waals surface area contributed by atoms with Crippen LogP contribution in [0.4, 0.5) is 0 Å². The van der Waals surface area contributed by atoms with E-state index < -0.39 is 0 Å². The third-order valence-corrected chi connectivity index (χ3v) is 4.80. The van der Waals surface area contributed by atoms with Gasteiger partial charge in [-0.15, -0.1) is 0 Å². The van der Waals surface area contributed by atoms with Crippen LogP contribution in [0.1, 0.15) is 45.6 Å². The van der Waals surface area contributed by atoms with E-state index in [0.717, 1.165) is 16.5 Å². The fourth-order valence-electron chi connectivity index (χ4n) is 2.98. The molecule has 0 amide bonds. The van der Waals surface area contributed by atoms with Crippen molar-refractivity contribution < 1.29 is 4.79 Å². The van der Waals surface area contributed by atoms with Crippen LogP contribution in [0.3, 0.4) is 0 Å². The minimum absolute atomic E-state index is 0.0320. The average molecular weight is 359 g/mol. The van der Waals surface area contributed by atoms with E-state index in [9.17, 15) is 4.79 Å². The molecule has 2 heteroatoms. The van der Waals surface area contributed by atoms with E-state index in [1.807, 2.05) is 36.4 Å². The van der Waals surface area contributed by atoms with Crippen LogP contribution in [0.2, 0.25) is 0 Å². The van der Waals surface area contributed by atoms with Gasteiger partial charge in [-0.1, -0.05) is 59.6 Å². The Morgan fingerprint density at radius 2 is 1.77 bits per heavy atom. The monoisotopic (exact) mass is 358 g/mol. The van der Waals surface area contributed by atoms with Crippen molar-refractivity contribution in [1.29, 1.82) is 0 Å². The molecule has 0 atom stereocenters. The molecule has 0 aromatic heterocycles. The van der Waals surface area contributed by atoms with Crippen LogP contribution in [0.5, 0.6) is 0 Å². The molecule has 0 bridgehead atoms. The molecule has 2 rings (SSSR count). The first-order valence-corrected chi connectivity index (χ1v) is 8.54. The van der Waals surface area contributed by atoms with Crippen molar-refractivity contribution in [2.24, 2.45) is 5.41 Å². The van der Waals surface area contributed by atoms with Gasteiger partial charge in [0.15, 0.2) is 5.78 Å². The fourth-order valence-corrected chi connectivity index (χ4v) is 3.25. The molecule has 0 heterocycles. The second kappa shape index (κ2) is 7.23. The Hall–Kier alpha value is -1.41. The number of hydrogen-bond acceptors (Lipinski definition) is 1. The largest absolute Gasteiger partial charge is 0.290 e. The van der Waals surface area contributed by atoms with Crippen molar-refractivity contribution in [2.45, 2.75) is 40.0 Å². The second-order valence-electron chi connectivity index (χ2n) is 6.55. The Morgan fingerprint density at radius 3 is 2.41 bits per heavy atom. The van der Waals surface area contributed by atoms with Crippen molar-refractivity contribution >= 4 is 27.8 Å². The van der Waals surface area contributed by atoms with Crippen LogP contribution in [-0.2, 0) is 4.79 Å². The predicted molar refractivity (Wildman–Crippen MR) is 97.7 cm³/mol. The van der Waals surface area contributed by atoms with Gasteiger partial charge in [0.25, 0.3) is 0 Å². The first-order chi connectivity index (χ1) is 10.4. The highest BCUT2D eigenvalue weighted by Crippen LogP contribution is 2.40. The van der Waals surface area contributed by atoms with Gasteiger partial charge in [-0.05, 0) is 67.0 Å². The number of carbonyl (C=O) groups excluding carboxylic acids is 1. The molecule has 0 aliphatic heterocycles. The van der Waals surface area contributed by atoms with Crippen molar-refractivity contribution in [3.05, 3.63) is 63.7 Å². The Kier molecular flexibility index (Phi) is 5.57. The highest BCUT2D eigenvalue weighted by molar-refractivity contribution is 9.10. The number of benzene rings is 1. The first-order valence-electron chi connectivity index (χ1n) is 7.74. The summed E-state index contributed by atoms with van der Waals surface area (Å²) in [6, 6.07) is 7.90. The van der Waals surface area contributed by atoms with Gasteiger partial charge >= 0.3 is 0 Å². The van der Waals surface area contributed by atoms with Crippen molar-refractivity contribution in [3.8, 4) is 0 Å². The zero-order valence-corrected chi connectivity index (χ0v) is 15.1. The van der Waals surface area contributed by atoms with Crippen LogP contribution in [0.25, 0.3) is 6.08 Å². The molecule has 0 spiro atoms. The lowest BCUT2D eigenvalue weighted by Crippen LogP contribution is -2.19. The van der Waals surface area contributed by atoms with Crippen LogP contribution in [-0.4, -0.2) is 5.78 Å². The number of allylic oxidation sites excluding steroid dienone is 5. The summed E-state index contributed by atoms with van der Waals surface area (Å²) >= 11 is 3.40. The molecular formula is C20H23BrO. The Labute approximate surface area is 141 Å². The number of rotatable bonds is 4. The topological polar surface area (TPSA) is 17.1 Å². The summed E-state index contributed by atoms with van der Waals surface area (Å²) in [5.74, 6) is 0.0320. The highest BCUT2D eigenvalue weighted by Gasteiger charge is 2.26. The van der Waals surface area contributed by atoms with Gasteiger partial charge in [-0.3, -0.25) is 4.79 Å². The SMILES string of the molecule is CC1=C(/C=C/C(=O)/C=C/c2ccc(Br)cc2)C(C)(C)CCC1. The summed E-state index contributed by atoms with van der Waals surface area (Å²) in [6.07, 6.45) is 10.8. The molecule has 0 radical (unpaired) electrons. The minimum Gasteiger partial charge on any atom is -0.290 e.